The van der Waals surface area contributed by atoms with Gasteiger partial charge in [-0.2, -0.15) is 0 Å². The van der Waals surface area contributed by atoms with Gasteiger partial charge in [0.25, 0.3) is 10.0 Å². The lowest BCUT2D eigenvalue weighted by Gasteiger charge is -2.35. The predicted molar refractivity (Wildman–Crippen MR) is 176 cm³/mol. The Bertz CT molecular complexity index is 1680. The second kappa shape index (κ2) is 14.3. The first-order valence-corrected chi connectivity index (χ1v) is 16.3. The van der Waals surface area contributed by atoms with Crippen molar-refractivity contribution < 1.29 is 18.0 Å². The first-order valence-electron chi connectivity index (χ1n) is 14.1. The van der Waals surface area contributed by atoms with Crippen molar-refractivity contribution in [3.05, 3.63) is 130 Å². The lowest BCUT2D eigenvalue weighted by atomic mass is 10.0. The number of amides is 2. The largest absolute Gasteiger partial charge is 0.350 e. The highest BCUT2D eigenvalue weighted by Gasteiger charge is 2.35. The molecule has 4 rings (SSSR count). The van der Waals surface area contributed by atoms with E-state index < -0.39 is 34.1 Å². The van der Waals surface area contributed by atoms with E-state index in [1.165, 1.54) is 17.0 Å². The lowest BCUT2D eigenvalue weighted by molar-refractivity contribution is -0.140. The van der Waals surface area contributed by atoms with E-state index in [2.05, 4.69) is 5.32 Å². The molecular weight excluding hydrogens is 617 g/mol. The maximum absolute atomic E-state index is 14.5. The summed E-state index contributed by atoms with van der Waals surface area (Å²) in [4.78, 5) is 29.8. The third-order valence-corrected chi connectivity index (χ3v) is 9.20. The van der Waals surface area contributed by atoms with Crippen LogP contribution in [0, 0.1) is 0 Å². The minimum atomic E-state index is -4.19. The summed E-state index contributed by atoms with van der Waals surface area (Å²) >= 11 is 12.7. The zero-order chi connectivity index (χ0) is 31.9. The number of halogens is 2. The number of carbonyl (C=O) groups is 2. The SMILES string of the molecule is CC(C)(C)NC(=O)C(Cc1ccccc1)N(Cc1ccccc1Cl)C(=O)CN(c1ccc(Cl)cc1)S(=O)(=O)c1ccccc1. The van der Waals surface area contributed by atoms with Crippen LogP contribution >= 0.6 is 23.2 Å². The molecule has 0 aliphatic carbocycles. The Balaban J connectivity index is 1.82. The normalized spacial score (nSPS) is 12.3. The monoisotopic (exact) mass is 651 g/mol. The molecule has 4 aromatic rings. The molecule has 0 aromatic heterocycles. The molecule has 0 spiro atoms. The number of carbonyl (C=O) groups excluding carboxylic acids is 2. The molecule has 4 aromatic carbocycles. The van der Waals surface area contributed by atoms with E-state index in [4.69, 9.17) is 23.2 Å². The van der Waals surface area contributed by atoms with Gasteiger partial charge in [0.2, 0.25) is 11.8 Å². The van der Waals surface area contributed by atoms with Gasteiger partial charge in [-0.15, -0.1) is 0 Å². The van der Waals surface area contributed by atoms with Gasteiger partial charge in [-0.3, -0.25) is 13.9 Å². The highest BCUT2D eigenvalue weighted by atomic mass is 35.5. The number of anilines is 1. The van der Waals surface area contributed by atoms with E-state index in [0.29, 0.717) is 15.6 Å². The molecule has 10 heteroatoms. The average Bonchev–Trinajstić information content (AvgIpc) is 2.99. The minimum absolute atomic E-state index is 0.0201. The standard InChI is InChI=1S/C34H35Cl2N3O4S/c1-34(2,3)37-33(41)31(22-25-12-6-4-7-13-25)38(23-26-14-10-11-17-30(26)36)32(40)24-39(28-20-18-27(35)19-21-28)44(42,43)29-15-8-5-9-16-29/h4-21,31H,22-24H2,1-3H3,(H,37,41). The Morgan fingerprint density at radius 1 is 0.795 bits per heavy atom. The highest BCUT2D eigenvalue weighted by Crippen LogP contribution is 2.27. The van der Waals surface area contributed by atoms with E-state index in [-0.39, 0.29) is 29.5 Å². The van der Waals surface area contributed by atoms with Crippen molar-refractivity contribution in [3.63, 3.8) is 0 Å². The second-order valence-electron chi connectivity index (χ2n) is 11.4. The number of sulfonamides is 1. The van der Waals surface area contributed by atoms with Crippen LogP contribution in [0.15, 0.2) is 114 Å². The Labute approximate surface area is 269 Å². The molecule has 7 nitrogen and oxygen atoms in total. The van der Waals surface area contributed by atoms with Crippen LogP contribution in [-0.4, -0.2) is 43.3 Å². The minimum Gasteiger partial charge on any atom is -0.350 e. The summed E-state index contributed by atoms with van der Waals surface area (Å²) in [5, 5.41) is 3.85. The first kappa shape index (κ1) is 33.1. The third-order valence-electron chi connectivity index (χ3n) is 6.79. The van der Waals surface area contributed by atoms with Crippen LogP contribution in [0.4, 0.5) is 5.69 Å². The van der Waals surface area contributed by atoms with Gasteiger partial charge in [0, 0.05) is 28.5 Å². The van der Waals surface area contributed by atoms with E-state index in [0.717, 1.165) is 9.87 Å². The molecular formula is C34H35Cl2N3O4S. The number of rotatable bonds is 11. The average molecular weight is 653 g/mol. The highest BCUT2D eigenvalue weighted by molar-refractivity contribution is 7.92. The summed E-state index contributed by atoms with van der Waals surface area (Å²) < 4.78 is 29.0. The van der Waals surface area contributed by atoms with Crippen molar-refractivity contribution in [1.82, 2.24) is 10.2 Å². The van der Waals surface area contributed by atoms with Crippen molar-refractivity contribution in [3.8, 4) is 0 Å². The predicted octanol–water partition coefficient (Wildman–Crippen LogP) is 6.74. The fraction of sp³-hybridized carbons (Fsp3) is 0.235. The molecule has 0 saturated heterocycles. The Morgan fingerprint density at radius 3 is 1.95 bits per heavy atom. The zero-order valence-corrected chi connectivity index (χ0v) is 27.1. The molecule has 0 saturated carbocycles. The van der Waals surface area contributed by atoms with Gasteiger partial charge in [-0.1, -0.05) is 89.9 Å². The van der Waals surface area contributed by atoms with Crippen LogP contribution in [0.1, 0.15) is 31.9 Å². The van der Waals surface area contributed by atoms with Gasteiger partial charge in [-0.05, 0) is 74.4 Å². The molecule has 0 bridgehead atoms. The number of benzene rings is 4. The maximum Gasteiger partial charge on any atom is 0.264 e. The van der Waals surface area contributed by atoms with Crippen molar-refractivity contribution in [2.24, 2.45) is 0 Å². The van der Waals surface area contributed by atoms with Crippen molar-refractivity contribution in [1.29, 1.82) is 0 Å². The Kier molecular flexibility index (Phi) is 10.7. The van der Waals surface area contributed by atoms with Gasteiger partial charge >= 0.3 is 0 Å². The van der Waals surface area contributed by atoms with Gasteiger partial charge in [-0.25, -0.2) is 8.42 Å². The molecule has 44 heavy (non-hydrogen) atoms. The lowest BCUT2D eigenvalue weighted by Crippen LogP contribution is -2.56. The van der Waals surface area contributed by atoms with Gasteiger partial charge in [0.15, 0.2) is 0 Å². The molecule has 0 fully saturated rings. The molecule has 1 atom stereocenters. The second-order valence-corrected chi connectivity index (χ2v) is 14.1. The van der Waals surface area contributed by atoms with E-state index in [1.54, 1.807) is 66.7 Å². The summed E-state index contributed by atoms with van der Waals surface area (Å²) in [6.45, 7) is 4.99. The molecule has 230 valence electrons. The topological polar surface area (TPSA) is 86.8 Å². The van der Waals surface area contributed by atoms with Crippen LogP contribution in [0.25, 0.3) is 0 Å². The van der Waals surface area contributed by atoms with Gasteiger partial charge in [0.1, 0.15) is 12.6 Å². The van der Waals surface area contributed by atoms with Crippen LogP contribution < -0.4 is 9.62 Å². The summed E-state index contributed by atoms with van der Waals surface area (Å²) in [5.41, 5.74) is 1.12. The maximum atomic E-state index is 14.5. The van der Waals surface area contributed by atoms with E-state index in [1.807, 2.05) is 51.1 Å². The fourth-order valence-corrected chi connectivity index (χ4v) is 6.43. The quantitative estimate of drug-likeness (QED) is 0.194. The summed E-state index contributed by atoms with van der Waals surface area (Å²) in [5.74, 6) is -0.949. The number of nitrogens with one attached hydrogen (secondary N) is 1. The summed E-state index contributed by atoms with van der Waals surface area (Å²) in [6, 6.07) is 29.6. The van der Waals surface area contributed by atoms with Crippen molar-refractivity contribution in [2.75, 3.05) is 10.8 Å². The van der Waals surface area contributed by atoms with Crippen LogP contribution in [-0.2, 0) is 32.6 Å². The Morgan fingerprint density at radius 2 is 1.36 bits per heavy atom. The van der Waals surface area contributed by atoms with E-state index in [9.17, 15) is 18.0 Å². The zero-order valence-electron chi connectivity index (χ0n) is 24.8. The molecule has 0 aliphatic rings. The van der Waals surface area contributed by atoms with E-state index >= 15 is 0 Å². The molecule has 0 heterocycles. The number of hydrogen-bond donors (Lipinski definition) is 1. The number of hydrogen-bond acceptors (Lipinski definition) is 4. The molecule has 0 aliphatic heterocycles. The third kappa shape index (κ3) is 8.62. The van der Waals surface area contributed by atoms with Crippen LogP contribution in [0.5, 0.6) is 0 Å². The van der Waals surface area contributed by atoms with Gasteiger partial charge < -0.3 is 10.2 Å². The Hall–Kier alpha value is -3.85. The smallest absolute Gasteiger partial charge is 0.264 e. The summed E-state index contributed by atoms with van der Waals surface area (Å²) in [6.07, 6.45) is 0.200. The van der Waals surface area contributed by atoms with Crippen molar-refractivity contribution >= 4 is 50.7 Å². The van der Waals surface area contributed by atoms with Gasteiger partial charge in [0.05, 0.1) is 10.6 Å². The molecule has 0 radical (unpaired) electrons. The number of nitrogens with zero attached hydrogens (tertiary/aromatic N) is 2. The van der Waals surface area contributed by atoms with Crippen molar-refractivity contribution in [2.45, 2.75) is 50.2 Å². The molecule has 2 amide bonds. The summed E-state index contributed by atoms with van der Waals surface area (Å²) in [7, 11) is -4.19. The fourth-order valence-electron chi connectivity index (χ4n) is 4.67. The van der Waals surface area contributed by atoms with Crippen LogP contribution in [0.2, 0.25) is 10.0 Å². The first-order chi connectivity index (χ1) is 20.8. The molecule has 1 N–H and O–H groups in total. The van der Waals surface area contributed by atoms with Crippen LogP contribution in [0.3, 0.4) is 0 Å². The molecule has 1 unspecified atom stereocenters.